The third kappa shape index (κ3) is 69.3. The van der Waals surface area contributed by atoms with E-state index in [4.69, 9.17) is 18.5 Å². The number of likely N-dealkylation sites (N-methyl/N-ethyl adjacent to an activating group) is 1. The van der Waals surface area contributed by atoms with Crippen molar-refractivity contribution in [2.75, 3.05) is 47.5 Å². The van der Waals surface area contributed by atoms with E-state index in [9.17, 15) is 19.0 Å². The first-order chi connectivity index (χ1) is 42.0. The summed E-state index contributed by atoms with van der Waals surface area (Å²) in [7, 11) is 1.43. The minimum Gasteiger partial charge on any atom is -0.462 e. The largest absolute Gasteiger partial charge is 0.472 e. The van der Waals surface area contributed by atoms with E-state index in [0.29, 0.717) is 23.9 Å². The molecule has 86 heavy (non-hydrogen) atoms. The minimum absolute atomic E-state index is 0.0158. The predicted molar refractivity (Wildman–Crippen MR) is 371 cm³/mol. The first kappa shape index (κ1) is 82.1. The lowest BCUT2D eigenvalue weighted by Gasteiger charge is -2.24. The average molecular weight is 1220 g/mol. The predicted octanol–water partition coefficient (Wildman–Crippen LogP) is 22.8. The van der Waals surface area contributed by atoms with Crippen LogP contribution in [-0.2, 0) is 32.7 Å². The van der Waals surface area contributed by atoms with E-state index < -0.39 is 26.5 Å². The monoisotopic (exact) mass is 1220 g/mol. The first-order valence-electron chi connectivity index (χ1n) is 34.9. The Morgan fingerprint density at radius 1 is 0.360 bits per heavy atom. The number of rotatable bonds is 63. The number of hydrogen-bond donors (Lipinski definition) is 1. The summed E-state index contributed by atoms with van der Waals surface area (Å²) in [5.74, 6) is -0.865. The summed E-state index contributed by atoms with van der Waals surface area (Å²) in [6, 6.07) is 0. The quantitative estimate of drug-likeness (QED) is 0.0211. The molecule has 0 bridgehead atoms. The fraction of sp³-hybridized carbons (Fsp3) is 0.684. The van der Waals surface area contributed by atoms with Crippen LogP contribution in [0.5, 0.6) is 0 Å². The molecule has 0 saturated heterocycles. The van der Waals surface area contributed by atoms with Gasteiger partial charge in [0.15, 0.2) is 6.10 Å². The molecule has 0 fully saturated rings. The maximum Gasteiger partial charge on any atom is 0.472 e. The van der Waals surface area contributed by atoms with Gasteiger partial charge in [-0.15, -0.1) is 0 Å². The van der Waals surface area contributed by atoms with Crippen LogP contribution in [0.4, 0.5) is 0 Å². The second-order valence-electron chi connectivity index (χ2n) is 24.2. The number of quaternary nitrogens is 1. The molecule has 2 atom stereocenters. The summed E-state index contributed by atoms with van der Waals surface area (Å²) in [5, 5.41) is 0. The number of nitrogens with zero attached hydrogens (tertiary/aromatic N) is 1. The standard InChI is InChI=1S/C76H130NO8P/c1-6-8-10-12-14-16-18-20-22-24-26-28-30-31-32-33-34-35-36-37-38-39-40-41-42-43-44-45-47-48-50-52-54-56-58-60-62-64-66-68-75(78)82-72-74(73-84-86(80,81)83-71-70-77(3,4)5)85-76(79)69-67-65-63-61-59-57-55-53-51-49-46-29-27-25-23-21-19-17-15-13-11-9-7-2/h8-11,14-17,20-23,26-29,49,51,55,57,61,63,74H,6-7,12-13,18-19,24-25,30-48,50,52-54,56,58-60,62,64-73H2,1-5H3/p+1/b10-8-,11-9-,16-14-,17-15-,22-20-,23-21-,28-26-,29-27-,51-49-,57-55-,63-61-. The maximum absolute atomic E-state index is 12.8. The molecule has 0 radical (unpaired) electrons. The highest BCUT2D eigenvalue weighted by molar-refractivity contribution is 7.47. The van der Waals surface area contributed by atoms with Crippen LogP contribution in [0.2, 0.25) is 0 Å². The Bertz CT molecular complexity index is 1910. The van der Waals surface area contributed by atoms with Gasteiger partial charge < -0.3 is 18.9 Å². The third-order valence-electron chi connectivity index (χ3n) is 14.7. The van der Waals surface area contributed by atoms with Crippen molar-refractivity contribution in [1.82, 2.24) is 0 Å². The smallest absolute Gasteiger partial charge is 0.462 e. The Morgan fingerprint density at radius 2 is 0.640 bits per heavy atom. The Hall–Kier alpha value is -3.85. The highest BCUT2D eigenvalue weighted by Gasteiger charge is 2.27. The summed E-state index contributed by atoms with van der Waals surface area (Å²) in [4.78, 5) is 35.8. The Balaban J connectivity index is 4.02. The van der Waals surface area contributed by atoms with E-state index in [-0.39, 0.29) is 32.0 Å². The number of allylic oxidation sites excluding steroid dienone is 22. The van der Waals surface area contributed by atoms with E-state index in [1.807, 2.05) is 21.1 Å². The molecular formula is C76H131NO8P+. The van der Waals surface area contributed by atoms with Gasteiger partial charge in [-0.25, -0.2) is 4.57 Å². The molecule has 0 aliphatic carbocycles. The molecule has 0 rings (SSSR count). The normalized spacial score (nSPS) is 14.0. The molecule has 9 nitrogen and oxygen atoms in total. The number of ether oxygens (including phenoxy) is 2. The van der Waals surface area contributed by atoms with Crippen LogP contribution >= 0.6 is 7.82 Å². The number of carbonyl (C=O) groups is 2. The fourth-order valence-corrected chi connectivity index (χ4v) is 10.2. The summed E-state index contributed by atoms with van der Waals surface area (Å²) in [5.41, 5.74) is 0. The zero-order valence-electron chi connectivity index (χ0n) is 56.0. The SMILES string of the molecule is CC/C=C\C/C=C\C/C=C\C/C=C\C/C=C\C/C=C\C/C=C\CCCC(=O)OC(COC(=O)CCCCCCCCCCCCCCCCCCCCCCCCCCCC/C=C\C/C=C\C/C=C\C/C=C\CC)COP(=O)(O)OCC[N+](C)(C)C. The highest BCUT2D eigenvalue weighted by atomic mass is 31.2. The summed E-state index contributed by atoms with van der Waals surface area (Å²) >= 11 is 0. The second kappa shape index (κ2) is 65.6. The van der Waals surface area contributed by atoms with Crippen LogP contribution in [0.25, 0.3) is 0 Å². The first-order valence-corrected chi connectivity index (χ1v) is 36.4. The maximum atomic E-state index is 12.8. The van der Waals surface area contributed by atoms with Crippen molar-refractivity contribution in [3.8, 4) is 0 Å². The van der Waals surface area contributed by atoms with Crippen molar-refractivity contribution in [2.45, 2.75) is 290 Å². The lowest BCUT2D eigenvalue weighted by molar-refractivity contribution is -0.870. The van der Waals surface area contributed by atoms with Gasteiger partial charge >= 0.3 is 19.8 Å². The number of phosphoric ester groups is 1. The Morgan fingerprint density at radius 3 is 0.965 bits per heavy atom. The number of carbonyl (C=O) groups excluding carboxylic acids is 2. The highest BCUT2D eigenvalue weighted by Crippen LogP contribution is 2.43. The summed E-state index contributed by atoms with van der Waals surface area (Å²) in [6.07, 6.45) is 95.9. The molecule has 0 aliphatic rings. The van der Waals surface area contributed by atoms with Gasteiger partial charge in [-0.3, -0.25) is 18.6 Å². The van der Waals surface area contributed by atoms with Crippen LogP contribution in [0.1, 0.15) is 284 Å². The molecule has 0 aliphatic heterocycles. The minimum atomic E-state index is -4.41. The number of unbranched alkanes of at least 4 members (excludes halogenated alkanes) is 27. The molecule has 0 spiro atoms. The fourth-order valence-electron chi connectivity index (χ4n) is 9.41. The molecule has 0 amide bonds. The molecular weight excluding hydrogens is 1090 g/mol. The molecule has 2 unspecified atom stereocenters. The topological polar surface area (TPSA) is 108 Å². The van der Waals surface area contributed by atoms with Crippen molar-refractivity contribution in [3.05, 3.63) is 134 Å². The molecule has 10 heteroatoms. The van der Waals surface area contributed by atoms with E-state index in [1.165, 1.54) is 154 Å². The lowest BCUT2D eigenvalue weighted by Crippen LogP contribution is -2.37. The van der Waals surface area contributed by atoms with E-state index in [2.05, 4.69) is 148 Å². The van der Waals surface area contributed by atoms with Crippen molar-refractivity contribution >= 4 is 19.8 Å². The van der Waals surface area contributed by atoms with Crippen LogP contribution < -0.4 is 0 Å². The molecule has 492 valence electrons. The second-order valence-corrected chi connectivity index (χ2v) is 25.6. The van der Waals surface area contributed by atoms with Gasteiger partial charge in [-0.05, 0) is 103 Å². The number of phosphoric acid groups is 1. The van der Waals surface area contributed by atoms with Crippen molar-refractivity contribution in [3.63, 3.8) is 0 Å². The Kier molecular flexibility index (Phi) is 62.7. The van der Waals surface area contributed by atoms with Gasteiger partial charge in [0.25, 0.3) is 0 Å². The van der Waals surface area contributed by atoms with Crippen LogP contribution in [-0.4, -0.2) is 74.9 Å². The van der Waals surface area contributed by atoms with Gasteiger partial charge in [0, 0.05) is 12.8 Å². The number of esters is 2. The van der Waals surface area contributed by atoms with E-state index in [0.717, 1.165) is 89.9 Å². The summed E-state index contributed by atoms with van der Waals surface area (Å²) in [6.45, 7) is 4.15. The molecule has 1 N–H and O–H groups in total. The van der Waals surface area contributed by atoms with Crippen molar-refractivity contribution in [1.29, 1.82) is 0 Å². The molecule has 0 saturated carbocycles. The lowest BCUT2D eigenvalue weighted by atomic mass is 10.0. The zero-order valence-corrected chi connectivity index (χ0v) is 56.9. The zero-order chi connectivity index (χ0) is 62.6. The average Bonchev–Trinajstić information content (AvgIpc) is 3.56. The van der Waals surface area contributed by atoms with Crippen molar-refractivity contribution in [2.24, 2.45) is 0 Å². The molecule has 0 aromatic carbocycles. The Labute approximate surface area is 530 Å². The van der Waals surface area contributed by atoms with Gasteiger partial charge in [-0.1, -0.05) is 302 Å². The molecule has 0 aromatic heterocycles. The van der Waals surface area contributed by atoms with Gasteiger partial charge in [-0.2, -0.15) is 0 Å². The molecule has 0 heterocycles. The van der Waals surface area contributed by atoms with Crippen molar-refractivity contribution < 1.29 is 42.1 Å². The van der Waals surface area contributed by atoms with Crippen LogP contribution in [0.3, 0.4) is 0 Å². The summed E-state index contributed by atoms with van der Waals surface area (Å²) < 4.78 is 34.6. The third-order valence-corrected chi connectivity index (χ3v) is 15.7. The van der Waals surface area contributed by atoms with Gasteiger partial charge in [0.1, 0.15) is 19.8 Å². The van der Waals surface area contributed by atoms with E-state index >= 15 is 0 Å². The number of hydrogen-bond acceptors (Lipinski definition) is 7. The van der Waals surface area contributed by atoms with Gasteiger partial charge in [0.2, 0.25) is 0 Å². The van der Waals surface area contributed by atoms with E-state index in [1.54, 1.807) is 0 Å². The van der Waals surface area contributed by atoms with Gasteiger partial charge in [0.05, 0.1) is 27.7 Å². The van der Waals surface area contributed by atoms with Crippen LogP contribution in [0, 0.1) is 0 Å². The molecule has 0 aromatic rings. The van der Waals surface area contributed by atoms with Crippen LogP contribution in [0.15, 0.2) is 134 Å².